The van der Waals surface area contributed by atoms with E-state index in [0.717, 1.165) is 0 Å². The number of nitrogens with zero attached hydrogens (tertiary/aromatic N) is 1. The number of hydrogen-bond donors (Lipinski definition) is 1. The summed E-state index contributed by atoms with van der Waals surface area (Å²) >= 11 is 0. The van der Waals surface area contributed by atoms with E-state index >= 15 is 0 Å². The molecule has 0 atom stereocenters. The van der Waals surface area contributed by atoms with E-state index in [1.54, 1.807) is 24.3 Å². The number of aromatic carboxylic acids is 1. The zero-order valence-electron chi connectivity index (χ0n) is 10.4. The molecule has 5 nitrogen and oxygen atoms in total. The number of rotatable bonds is 3. The van der Waals surface area contributed by atoms with Crippen LogP contribution < -0.4 is 9.47 Å². The van der Waals surface area contributed by atoms with Crippen molar-refractivity contribution in [2.75, 3.05) is 14.2 Å². The van der Waals surface area contributed by atoms with Crippen molar-refractivity contribution < 1.29 is 19.4 Å². The largest absolute Gasteiger partial charge is 0.495 e. The van der Waals surface area contributed by atoms with E-state index in [1.165, 1.54) is 14.2 Å². The first-order valence-corrected chi connectivity index (χ1v) is 5.45. The topological polar surface area (TPSA) is 79.5 Å². The molecule has 0 bridgehead atoms. The van der Waals surface area contributed by atoms with E-state index in [2.05, 4.69) is 0 Å². The molecule has 0 radical (unpaired) electrons. The fraction of sp³-hybridized carbons (Fsp3) is 0.143. The van der Waals surface area contributed by atoms with Crippen LogP contribution in [-0.2, 0) is 0 Å². The summed E-state index contributed by atoms with van der Waals surface area (Å²) in [7, 11) is 2.76. The van der Waals surface area contributed by atoms with E-state index < -0.39 is 5.97 Å². The molecule has 0 aromatic heterocycles. The Hall–Kier alpha value is -2.74. The van der Waals surface area contributed by atoms with Crippen molar-refractivity contribution in [1.29, 1.82) is 5.26 Å². The van der Waals surface area contributed by atoms with Crippen LogP contribution in [0.25, 0.3) is 10.8 Å². The highest BCUT2D eigenvalue weighted by Crippen LogP contribution is 2.40. The number of benzene rings is 2. The van der Waals surface area contributed by atoms with Crippen LogP contribution in [0.2, 0.25) is 0 Å². The van der Waals surface area contributed by atoms with Gasteiger partial charge in [-0.05, 0) is 0 Å². The van der Waals surface area contributed by atoms with Gasteiger partial charge in [0.05, 0.1) is 14.2 Å². The standard InChI is InChI=1S/C14H11NO4/c1-18-12-9-6-4-3-5-8(9)11(14(16)17)13(19-2)10(12)7-15/h3-6H,1-2H3,(H,16,17). The Morgan fingerprint density at radius 3 is 2.21 bits per heavy atom. The maximum absolute atomic E-state index is 11.4. The van der Waals surface area contributed by atoms with Crippen molar-refractivity contribution in [2.45, 2.75) is 0 Å². The molecule has 1 N–H and O–H groups in total. The second kappa shape index (κ2) is 4.86. The smallest absolute Gasteiger partial charge is 0.340 e. The van der Waals surface area contributed by atoms with Gasteiger partial charge in [0.15, 0.2) is 5.75 Å². The van der Waals surface area contributed by atoms with Gasteiger partial charge in [-0.3, -0.25) is 0 Å². The molecule has 0 aliphatic rings. The Morgan fingerprint density at radius 2 is 1.74 bits per heavy atom. The zero-order valence-corrected chi connectivity index (χ0v) is 10.4. The molecule has 0 amide bonds. The first-order valence-electron chi connectivity index (χ1n) is 5.45. The third-order valence-corrected chi connectivity index (χ3v) is 2.86. The molecule has 0 aliphatic heterocycles. The minimum absolute atomic E-state index is 0.0190. The fourth-order valence-corrected chi connectivity index (χ4v) is 2.11. The van der Waals surface area contributed by atoms with Crippen molar-refractivity contribution >= 4 is 16.7 Å². The first-order chi connectivity index (χ1) is 9.15. The predicted octanol–water partition coefficient (Wildman–Crippen LogP) is 2.43. The molecule has 0 spiro atoms. The Labute approximate surface area is 109 Å². The molecule has 0 aliphatic carbocycles. The summed E-state index contributed by atoms with van der Waals surface area (Å²) < 4.78 is 10.3. The van der Waals surface area contributed by atoms with Gasteiger partial charge < -0.3 is 14.6 Å². The normalized spacial score (nSPS) is 9.95. The van der Waals surface area contributed by atoms with Crippen molar-refractivity contribution in [3.8, 4) is 17.6 Å². The number of carbonyl (C=O) groups is 1. The number of methoxy groups -OCH3 is 2. The summed E-state index contributed by atoms with van der Waals surface area (Å²) in [6.07, 6.45) is 0. The number of carboxylic acids is 1. The van der Waals surface area contributed by atoms with Gasteiger partial charge >= 0.3 is 5.97 Å². The lowest BCUT2D eigenvalue weighted by atomic mass is 9.98. The minimum Gasteiger partial charge on any atom is -0.495 e. The van der Waals surface area contributed by atoms with Crippen molar-refractivity contribution in [3.05, 3.63) is 35.4 Å². The van der Waals surface area contributed by atoms with Crippen molar-refractivity contribution in [2.24, 2.45) is 0 Å². The van der Waals surface area contributed by atoms with Crippen LogP contribution in [0, 0.1) is 11.3 Å². The van der Waals surface area contributed by atoms with Crippen LogP contribution in [0.3, 0.4) is 0 Å². The average Bonchev–Trinajstić information content (AvgIpc) is 2.43. The Bertz CT molecular complexity index is 701. The van der Waals surface area contributed by atoms with Gasteiger partial charge in [-0.15, -0.1) is 0 Å². The Morgan fingerprint density at radius 1 is 1.16 bits per heavy atom. The van der Waals surface area contributed by atoms with E-state index in [4.69, 9.17) is 9.47 Å². The minimum atomic E-state index is -1.15. The molecule has 0 unspecified atom stereocenters. The SMILES string of the molecule is COc1c(C#N)c(OC)c2ccccc2c1C(=O)O. The molecule has 96 valence electrons. The van der Waals surface area contributed by atoms with Gasteiger partial charge in [-0.2, -0.15) is 5.26 Å². The first kappa shape index (κ1) is 12.7. The third-order valence-electron chi connectivity index (χ3n) is 2.86. The van der Waals surface area contributed by atoms with Gasteiger partial charge in [0.2, 0.25) is 0 Å². The molecule has 0 fully saturated rings. The summed E-state index contributed by atoms with van der Waals surface area (Å²) in [4.78, 5) is 11.4. The highest BCUT2D eigenvalue weighted by molar-refractivity contribution is 6.09. The Balaban J connectivity index is 3.08. The molecule has 5 heteroatoms. The number of nitriles is 1. The summed E-state index contributed by atoms with van der Waals surface area (Å²) in [5.41, 5.74) is 0.0524. The van der Waals surface area contributed by atoms with Gasteiger partial charge in [0.1, 0.15) is 22.9 Å². The quantitative estimate of drug-likeness (QED) is 0.913. The van der Waals surface area contributed by atoms with Gasteiger partial charge in [0.25, 0.3) is 0 Å². The number of carboxylic acid groups (broad SMARTS) is 1. The second-order valence-corrected chi connectivity index (χ2v) is 3.78. The molecule has 0 saturated carbocycles. The molecular formula is C14H11NO4. The molecular weight excluding hydrogens is 246 g/mol. The summed E-state index contributed by atoms with van der Waals surface area (Å²) in [6, 6.07) is 8.78. The predicted molar refractivity (Wildman–Crippen MR) is 68.7 cm³/mol. The van der Waals surface area contributed by atoms with Crippen molar-refractivity contribution in [1.82, 2.24) is 0 Å². The van der Waals surface area contributed by atoms with Crippen LogP contribution >= 0.6 is 0 Å². The van der Waals surface area contributed by atoms with Gasteiger partial charge in [-0.25, -0.2) is 4.79 Å². The lowest BCUT2D eigenvalue weighted by Crippen LogP contribution is -2.05. The highest BCUT2D eigenvalue weighted by atomic mass is 16.5. The monoisotopic (exact) mass is 257 g/mol. The van der Waals surface area contributed by atoms with Crippen LogP contribution in [0.15, 0.2) is 24.3 Å². The second-order valence-electron chi connectivity index (χ2n) is 3.78. The molecule has 0 heterocycles. The highest BCUT2D eigenvalue weighted by Gasteiger charge is 2.24. The number of hydrogen-bond acceptors (Lipinski definition) is 4. The van der Waals surface area contributed by atoms with Crippen LogP contribution in [-0.4, -0.2) is 25.3 Å². The average molecular weight is 257 g/mol. The van der Waals surface area contributed by atoms with Crippen LogP contribution in [0.4, 0.5) is 0 Å². The Kier molecular flexibility index (Phi) is 3.25. The summed E-state index contributed by atoms with van der Waals surface area (Å²) in [5.74, 6) is -0.808. The third kappa shape index (κ3) is 1.83. The molecule has 2 aromatic carbocycles. The molecule has 0 saturated heterocycles. The zero-order chi connectivity index (χ0) is 14.0. The van der Waals surface area contributed by atoms with E-state index in [0.29, 0.717) is 16.5 Å². The lowest BCUT2D eigenvalue weighted by molar-refractivity contribution is 0.0695. The summed E-state index contributed by atoms with van der Waals surface area (Å²) in [6.45, 7) is 0. The van der Waals surface area contributed by atoms with Gasteiger partial charge in [-0.1, -0.05) is 24.3 Å². The fourth-order valence-electron chi connectivity index (χ4n) is 2.11. The molecule has 2 aromatic rings. The van der Waals surface area contributed by atoms with Crippen LogP contribution in [0.5, 0.6) is 11.5 Å². The molecule has 2 rings (SSSR count). The summed E-state index contributed by atoms with van der Waals surface area (Å²) in [5, 5.41) is 19.6. The van der Waals surface area contributed by atoms with Crippen LogP contribution in [0.1, 0.15) is 15.9 Å². The lowest BCUT2D eigenvalue weighted by Gasteiger charge is -2.14. The number of fused-ring (bicyclic) bond motifs is 1. The van der Waals surface area contributed by atoms with Gasteiger partial charge in [0, 0.05) is 10.8 Å². The number of ether oxygens (including phenoxy) is 2. The maximum Gasteiger partial charge on any atom is 0.340 e. The maximum atomic E-state index is 11.4. The van der Waals surface area contributed by atoms with E-state index in [1.807, 2.05) is 6.07 Å². The van der Waals surface area contributed by atoms with E-state index in [9.17, 15) is 15.2 Å². The van der Waals surface area contributed by atoms with Crippen molar-refractivity contribution in [3.63, 3.8) is 0 Å². The molecule has 19 heavy (non-hydrogen) atoms. The van der Waals surface area contributed by atoms with E-state index in [-0.39, 0.29) is 16.9 Å².